The van der Waals surface area contributed by atoms with E-state index >= 15 is 0 Å². The Morgan fingerprint density at radius 2 is 1.71 bits per heavy atom. The molecule has 3 unspecified atom stereocenters. The van der Waals surface area contributed by atoms with Crippen molar-refractivity contribution in [2.75, 3.05) is 18.2 Å². The zero-order chi connectivity index (χ0) is 20.9. The summed E-state index contributed by atoms with van der Waals surface area (Å²) in [4.78, 5) is 2.21. The van der Waals surface area contributed by atoms with Crippen LogP contribution in [0.1, 0.15) is 28.8 Å². The molecule has 0 saturated carbocycles. The van der Waals surface area contributed by atoms with E-state index in [1.165, 1.54) is 12.1 Å². The minimum atomic E-state index is -0.265. The third-order valence-electron chi connectivity index (χ3n) is 6.37. The number of ether oxygens (including phenoxy) is 2. The average molecular weight is 421 g/mol. The van der Waals surface area contributed by atoms with E-state index in [9.17, 15) is 8.78 Å². The van der Waals surface area contributed by atoms with Crippen LogP contribution >= 0.6 is 0 Å². The smallest absolute Gasteiger partial charge is 0.231 e. The molecule has 6 rings (SSSR count). The topological polar surface area (TPSA) is 45.8 Å². The Labute approximate surface area is 178 Å². The third kappa shape index (κ3) is 3.21. The molecule has 0 spiro atoms. The molecule has 2 N–H and O–H groups in total. The van der Waals surface area contributed by atoms with Gasteiger partial charge in [-0.3, -0.25) is 0 Å². The lowest BCUT2D eigenvalue weighted by atomic mass is 9.82. The molecule has 158 valence electrons. The van der Waals surface area contributed by atoms with Crippen molar-refractivity contribution in [1.29, 1.82) is 0 Å². The molecule has 0 bridgehead atoms. The molecule has 3 aromatic carbocycles. The van der Waals surface area contributed by atoms with Crippen molar-refractivity contribution in [2.45, 2.75) is 18.6 Å². The van der Waals surface area contributed by atoms with Gasteiger partial charge in [0.15, 0.2) is 11.5 Å². The van der Waals surface area contributed by atoms with Crippen LogP contribution in [0.3, 0.4) is 0 Å². The third-order valence-corrected chi connectivity index (χ3v) is 6.37. The summed E-state index contributed by atoms with van der Waals surface area (Å²) in [5.74, 6) is 1.10. The second-order valence-corrected chi connectivity index (χ2v) is 8.23. The SMILES string of the molecule is Fc1cccc(CN2CC3C(c4ccc5c(c4)OCO5)NNC3c3cc(F)ccc32)c1. The van der Waals surface area contributed by atoms with Gasteiger partial charge in [0.2, 0.25) is 6.79 Å². The summed E-state index contributed by atoms with van der Waals surface area (Å²) in [5.41, 5.74) is 10.6. The van der Waals surface area contributed by atoms with Crippen LogP contribution in [0.2, 0.25) is 0 Å². The fourth-order valence-corrected chi connectivity index (χ4v) is 4.96. The quantitative estimate of drug-likeness (QED) is 0.663. The Bertz CT molecular complexity index is 1160. The summed E-state index contributed by atoms with van der Waals surface area (Å²) in [5, 5.41) is 0. The highest BCUT2D eigenvalue weighted by Crippen LogP contribution is 2.47. The Morgan fingerprint density at radius 3 is 2.61 bits per heavy atom. The number of nitrogens with zero attached hydrogens (tertiary/aromatic N) is 1. The van der Waals surface area contributed by atoms with Gasteiger partial charge in [-0.05, 0) is 59.2 Å². The zero-order valence-electron chi connectivity index (χ0n) is 16.6. The predicted molar refractivity (Wildman–Crippen MR) is 112 cm³/mol. The second-order valence-electron chi connectivity index (χ2n) is 8.23. The Kier molecular flexibility index (Phi) is 4.33. The summed E-state index contributed by atoms with van der Waals surface area (Å²) in [7, 11) is 0. The number of anilines is 1. The number of hydrogen-bond acceptors (Lipinski definition) is 5. The number of hydrazine groups is 1. The first-order valence-corrected chi connectivity index (χ1v) is 10.4. The molecular formula is C24H21F2N3O2. The normalized spacial score (nSPS) is 23.5. The van der Waals surface area contributed by atoms with Crippen molar-refractivity contribution in [1.82, 2.24) is 10.9 Å². The lowest BCUT2D eigenvalue weighted by Crippen LogP contribution is -2.39. The first-order valence-electron chi connectivity index (χ1n) is 10.4. The fourth-order valence-electron chi connectivity index (χ4n) is 4.96. The predicted octanol–water partition coefficient (Wildman–Crippen LogP) is 4.22. The van der Waals surface area contributed by atoms with Crippen LogP contribution in [0, 0.1) is 17.6 Å². The first kappa shape index (κ1) is 18.6. The van der Waals surface area contributed by atoms with E-state index in [2.05, 4.69) is 15.8 Å². The van der Waals surface area contributed by atoms with Crippen molar-refractivity contribution in [3.63, 3.8) is 0 Å². The summed E-state index contributed by atoms with van der Waals surface area (Å²) >= 11 is 0. The first-order chi connectivity index (χ1) is 15.2. The van der Waals surface area contributed by atoms with Gasteiger partial charge in [0.05, 0.1) is 12.1 Å². The van der Waals surface area contributed by atoms with Crippen LogP contribution in [0.5, 0.6) is 11.5 Å². The van der Waals surface area contributed by atoms with Crippen LogP contribution in [0.15, 0.2) is 60.7 Å². The molecule has 0 aliphatic carbocycles. The molecule has 0 amide bonds. The Balaban J connectivity index is 1.36. The van der Waals surface area contributed by atoms with Gasteiger partial charge in [-0.25, -0.2) is 19.6 Å². The van der Waals surface area contributed by atoms with E-state index in [0.29, 0.717) is 6.54 Å². The lowest BCUT2D eigenvalue weighted by molar-refractivity contribution is 0.174. The molecule has 3 atom stereocenters. The van der Waals surface area contributed by atoms with E-state index in [1.807, 2.05) is 30.3 Å². The minimum Gasteiger partial charge on any atom is -0.454 e. The molecular weight excluding hydrogens is 400 g/mol. The Hall–Kier alpha value is -3.16. The van der Waals surface area contributed by atoms with Crippen LogP contribution < -0.4 is 25.2 Å². The molecule has 31 heavy (non-hydrogen) atoms. The van der Waals surface area contributed by atoms with Crippen molar-refractivity contribution in [3.8, 4) is 11.5 Å². The highest BCUT2D eigenvalue weighted by Gasteiger charge is 2.43. The van der Waals surface area contributed by atoms with Gasteiger partial charge in [-0.1, -0.05) is 18.2 Å². The summed E-state index contributed by atoms with van der Waals surface area (Å²) in [6.45, 7) is 1.52. The highest BCUT2D eigenvalue weighted by atomic mass is 19.1. The molecule has 5 nitrogen and oxygen atoms in total. The average Bonchev–Trinajstić information content (AvgIpc) is 3.40. The maximum Gasteiger partial charge on any atom is 0.231 e. The van der Waals surface area contributed by atoms with Crippen LogP contribution in [0.25, 0.3) is 0 Å². The van der Waals surface area contributed by atoms with Gasteiger partial charge in [0.25, 0.3) is 0 Å². The van der Waals surface area contributed by atoms with Crippen molar-refractivity contribution in [3.05, 3.63) is 89.0 Å². The zero-order valence-corrected chi connectivity index (χ0v) is 16.6. The number of rotatable bonds is 3. The molecule has 3 heterocycles. The maximum atomic E-state index is 14.2. The van der Waals surface area contributed by atoms with Gasteiger partial charge >= 0.3 is 0 Å². The molecule has 0 radical (unpaired) electrons. The molecule has 1 fully saturated rings. The van der Waals surface area contributed by atoms with E-state index in [1.54, 1.807) is 18.2 Å². The van der Waals surface area contributed by atoms with Crippen LogP contribution in [-0.2, 0) is 6.54 Å². The highest BCUT2D eigenvalue weighted by molar-refractivity contribution is 5.59. The van der Waals surface area contributed by atoms with Crippen molar-refractivity contribution in [2.24, 2.45) is 5.92 Å². The van der Waals surface area contributed by atoms with E-state index < -0.39 is 0 Å². The number of fused-ring (bicyclic) bond motifs is 4. The molecule has 0 aromatic heterocycles. The van der Waals surface area contributed by atoms with Crippen molar-refractivity contribution < 1.29 is 18.3 Å². The summed E-state index contributed by atoms with van der Waals surface area (Å²) in [6.07, 6.45) is 0. The lowest BCUT2D eigenvalue weighted by Gasteiger charge is -2.39. The van der Waals surface area contributed by atoms with Gasteiger partial charge in [-0.2, -0.15) is 0 Å². The second kappa shape index (κ2) is 7.21. The minimum absolute atomic E-state index is 0.00549. The van der Waals surface area contributed by atoms with Gasteiger partial charge in [0.1, 0.15) is 11.6 Å². The van der Waals surface area contributed by atoms with E-state index in [-0.39, 0.29) is 36.4 Å². The molecule has 1 saturated heterocycles. The number of hydrogen-bond donors (Lipinski definition) is 2. The number of nitrogens with one attached hydrogen (secondary N) is 2. The molecule has 7 heteroatoms. The monoisotopic (exact) mass is 421 g/mol. The number of halogens is 2. The molecule has 3 aromatic rings. The maximum absolute atomic E-state index is 14.2. The standard InChI is InChI=1S/C24H21F2N3O2/c25-16-3-1-2-14(8-16)11-29-12-19-23(15-4-7-21-22(9-15)31-13-30-21)27-28-24(19)18-10-17(26)5-6-20(18)29/h1-10,19,23-24,27-28H,11-13H2. The summed E-state index contributed by atoms with van der Waals surface area (Å²) in [6, 6.07) is 17.5. The Morgan fingerprint density at radius 1 is 0.871 bits per heavy atom. The van der Waals surface area contributed by atoms with Crippen molar-refractivity contribution >= 4 is 5.69 Å². The van der Waals surface area contributed by atoms with E-state index in [4.69, 9.17) is 9.47 Å². The van der Waals surface area contributed by atoms with Gasteiger partial charge in [0, 0.05) is 24.7 Å². The fraction of sp³-hybridized carbons (Fsp3) is 0.250. The van der Waals surface area contributed by atoms with Gasteiger partial charge in [-0.15, -0.1) is 0 Å². The number of benzene rings is 3. The molecule has 3 aliphatic heterocycles. The van der Waals surface area contributed by atoms with Crippen LogP contribution in [-0.4, -0.2) is 13.3 Å². The van der Waals surface area contributed by atoms with E-state index in [0.717, 1.165) is 40.4 Å². The largest absolute Gasteiger partial charge is 0.454 e. The van der Waals surface area contributed by atoms with Crippen LogP contribution in [0.4, 0.5) is 14.5 Å². The van der Waals surface area contributed by atoms with Gasteiger partial charge < -0.3 is 14.4 Å². The molecule has 3 aliphatic rings. The summed E-state index contributed by atoms with van der Waals surface area (Å²) < 4.78 is 38.9.